The summed E-state index contributed by atoms with van der Waals surface area (Å²) in [4.78, 5) is 1.75. The average Bonchev–Trinajstić information content (AvgIpc) is 2.33. The number of hydrogen-bond donors (Lipinski definition) is 2. The maximum absolute atomic E-state index is 13.7. The van der Waals surface area contributed by atoms with Crippen molar-refractivity contribution in [2.45, 2.75) is 19.8 Å². The molecule has 0 spiro atoms. The summed E-state index contributed by atoms with van der Waals surface area (Å²) in [6.45, 7) is 3.44. The number of anilines is 1. The molecule has 0 radical (unpaired) electrons. The Bertz CT molecular complexity index is 434. The van der Waals surface area contributed by atoms with E-state index in [0.29, 0.717) is 19.0 Å². The molecule has 2 rings (SSSR count). The molecule has 1 heterocycles. The normalized spacial score (nSPS) is 17.1. The molecule has 3 nitrogen and oxygen atoms in total. The number of halogens is 2. The van der Waals surface area contributed by atoms with Gasteiger partial charge in [0.2, 0.25) is 0 Å². The van der Waals surface area contributed by atoms with Crippen LogP contribution in [-0.4, -0.2) is 30.3 Å². The zero-order valence-corrected chi connectivity index (χ0v) is 10.2. The highest BCUT2D eigenvalue weighted by Crippen LogP contribution is 2.26. The predicted octanol–water partition coefficient (Wildman–Crippen LogP) is 0.881. The van der Waals surface area contributed by atoms with Crippen molar-refractivity contribution >= 4 is 18.3 Å². The van der Waals surface area contributed by atoms with Crippen LogP contribution in [0.4, 0.5) is 14.5 Å². The first-order valence-electron chi connectivity index (χ1n) is 6.09. The second-order valence-electron chi connectivity index (χ2n) is 4.88. The van der Waals surface area contributed by atoms with Gasteiger partial charge in [-0.05, 0) is 36.4 Å². The Labute approximate surface area is 105 Å². The third kappa shape index (κ3) is 2.65. The van der Waals surface area contributed by atoms with Crippen molar-refractivity contribution in [3.05, 3.63) is 23.8 Å². The van der Waals surface area contributed by atoms with Gasteiger partial charge in [0.15, 0.2) is 11.6 Å². The highest BCUT2D eigenvalue weighted by Gasteiger charge is 2.23. The second-order valence-corrected chi connectivity index (χ2v) is 4.88. The topological polar surface area (TPSA) is 43.7 Å². The highest BCUT2D eigenvalue weighted by atomic mass is 19.2. The minimum atomic E-state index is -1.79. The Hall–Kier alpha value is -1.14. The number of nitrogens with zero attached hydrogens (tertiary/aromatic N) is 1. The monoisotopic (exact) mass is 255 g/mol. The summed E-state index contributed by atoms with van der Waals surface area (Å²) in [7, 11) is -1.79. The van der Waals surface area contributed by atoms with Crippen LogP contribution in [0.15, 0.2) is 12.1 Å². The van der Waals surface area contributed by atoms with E-state index in [4.69, 9.17) is 10.0 Å². The van der Waals surface area contributed by atoms with Crippen molar-refractivity contribution in [2.75, 3.05) is 18.0 Å². The summed E-state index contributed by atoms with van der Waals surface area (Å²) < 4.78 is 27.2. The van der Waals surface area contributed by atoms with E-state index in [1.54, 1.807) is 4.90 Å². The van der Waals surface area contributed by atoms with Crippen LogP contribution in [0.2, 0.25) is 0 Å². The van der Waals surface area contributed by atoms with Gasteiger partial charge in [0.25, 0.3) is 0 Å². The van der Waals surface area contributed by atoms with Gasteiger partial charge in [-0.3, -0.25) is 0 Å². The lowest BCUT2D eigenvalue weighted by Gasteiger charge is -2.32. The molecule has 18 heavy (non-hydrogen) atoms. The van der Waals surface area contributed by atoms with Crippen LogP contribution in [0.1, 0.15) is 19.8 Å². The molecule has 1 fully saturated rings. The van der Waals surface area contributed by atoms with Crippen molar-refractivity contribution in [2.24, 2.45) is 5.92 Å². The molecule has 0 aromatic heterocycles. The van der Waals surface area contributed by atoms with Crippen molar-refractivity contribution in [3.63, 3.8) is 0 Å². The summed E-state index contributed by atoms with van der Waals surface area (Å²) in [6.07, 6.45) is 1.85. The Balaban J connectivity index is 2.31. The van der Waals surface area contributed by atoms with Crippen LogP contribution in [0.3, 0.4) is 0 Å². The Morgan fingerprint density at radius 2 is 1.83 bits per heavy atom. The first-order valence-corrected chi connectivity index (χ1v) is 6.09. The molecule has 0 saturated carbocycles. The summed E-state index contributed by atoms with van der Waals surface area (Å²) in [5, 5.41) is 18.1. The SMILES string of the molecule is CC1CCN(c2cc(B(O)O)cc(F)c2F)CC1. The van der Waals surface area contributed by atoms with Crippen LogP contribution in [0, 0.1) is 17.6 Å². The number of rotatable bonds is 2. The van der Waals surface area contributed by atoms with E-state index in [1.807, 2.05) is 0 Å². The molecular weight excluding hydrogens is 239 g/mol. The van der Waals surface area contributed by atoms with Crippen LogP contribution < -0.4 is 10.4 Å². The summed E-state index contributed by atoms with van der Waals surface area (Å²) in [5.41, 5.74) is 0.0903. The molecule has 1 saturated heterocycles. The first kappa shape index (κ1) is 13.3. The van der Waals surface area contributed by atoms with Gasteiger partial charge in [0, 0.05) is 13.1 Å². The largest absolute Gasteiger partial charge is 0.488 e. The molecule has 1 aliphatic heterocycles. The van der Waals surface area contributed by atoms with E-state index in [2.05, 4.69) is 6.92 Å². The van der Waals surface area contributed by atoms with Crippen molar-refractivity contribution < 1.29 is 18.8 Å². The fourth-order valence-electron chi connectivity index (χ4n) is 2.22. The molecule has 0 unspecified atom stereocenters. The van der Waals surface area contributed by atoms with Gasteiger partial charge in [0.05, 0.1) is 5.69 Å². The van der Waals surface area contributed by atoms with Gasteiger partial charge in [-0.15, -0.1) is 0 Å². The van der Waals surface area contributed by atoms with E-state index in [-0.39, 0.29) is 11.2 Å². The zero-order valence-electron chi connectivity index (χ0n) is 10.2. The minimum absolute atomic E-state index is 0.0254. The van der Waals surface area contributed by atoms with Crippen molar-refractivity contribution in [3.8, 4) is 0 Å². The number of benzene rings is 1. The third-order valence-corrected chi connectivity index (χ3v) is 3.45. The zero-order chi connectivity index (χ0) is 13.3. The molecule has 1 aliphatic rings. The van der Waals surface area contributed by atoms with Crippen LogP contribution in [0.25, 0.3) is 0 Å². The molecule has 2 N–H and O–H groups in total. The average molecular weight is 255 g/mol. The van der Waals surface area contributed by atoms with Crippen LogP contribution >= 0.6 is 0 Å². The van der Waals surface area contributed by atoms with Crippen LogP contribution in [0.5, 0.6) is 0 Å². The smallest absolute Gasteiger partial charge is 0.423 e. The lowest BCUT2D eigenvalue weighted by atomic mass is 9.80. The maximum Gasteiger partial charge on any atom is 0.488 e. The second kappa shape index (κ2) is 5.24. The molecule has 1 aromatic carbocycles. The number of hydrogen-bond acceptors (Lipinski definition) is 3. The third-order valence-electron chi connectivity index (χ3n) is 3.45. The molecule has 6 heteroatoms. The van der Waals surface area contributed by atoms with Gasteiger partial charge in [0.1, 0.15) is 0 Å². The fourth-order valence-corrected chi connectivity index (χ4v) is 2.22. The molecule has 1 aromatic rings. The standard InChI is InChI=1S/C12H16BF2NO2/c1-8-2-4-16(5-3-8)11-7-9(13(17)18)6-10(14)12(11)15/h6-8,17-18H,2-5H2,1H3. The Morgan fingerprint density at radius 3 is 2.39 bits per heavy atom. The fraction of sp³-hybridized carbons (Fsp3) is 0.500. The highest BCUT2D eigenvalue weighted by molar-refractivity contribution is 6.58. The molecule has 98 valence electrons. The van der Waals surface area contributed by atoms with Crippen molar-refractivity contribution in [1.82, 2.24) is 0 Å². The van der Waals surface area contributed by atoms with Gasteiger partial charge in [-0.2, -0.15) is 0 Å². The van der Waals surface area contributed by atoms with E-state index in [0.717, 1.165) is 18.9 Å². The van der Waals surface area contributed by atoms with Gasteiger partial charge in [-0.1, -0.05) is 6.92 Å². The van der Waals surface area contributed by atoms with E-state index in [1.165, 1.54) is 6.07 Å². The number of piperidine rings is 1. The molecule has 0 aliphatic carbocycles. The maximum atomic E-state index is 13.7. The van der Waals surface area contributed by atoms with Gasteiger partial charge in [-0.25, -0.2) is 8.78 Å². The molecular formula is C12H16BF2NO2. The Morgan fingerprint density at radius 1 is 1.22 bits per heavy atom. The summed E-state index contributed by atoms with van der Waals surface area (Å²) in [5.74, 6) is -1.39. The Kier molecular flexibility index (Phi) is 3.87. The van der Waals surface area contributed by atoms with Crippen molar-refractivity contribution in [1.29, 1.82) is 0 Å². The molecule has 0 amide bonds. The van der Waals surface area contributed by atoms with E-state index >= 15 is 0 Å². The lowest BCUT2D eigenvalue weighted by molar-refractivity contribution is 0.422. The van der Waals surface area contributed by atoms with E-state index in [9.17, 15) is 8.78 Å². The minimum Gasteiger partial charge on any atom is -0.423 e. The molecule has 0 atom stereocenters. The van der Waals surface area contributed by atoms with Gasteiger partial charge < -0.3 is 14.9 Å². The predicted molar refractivity (Wildman–Crippen MR) is 66.8 cm³/mol. The quantitative estimate of drug-likeness (QED) is 0.771. The first-order chi connectivity index (χ1) is 8.49. The van der Waals surface area contributed by atoms with Gasteiger partial charge >= 0.3 is 7.12 Å². The summed E-state index contributed by atoms with van der Waals surface area (Å²) >= 11 is 0. The lowest BCUT2D eigenvalue weighted by Crippen LogP contribution is -2.36. The van der Waals surface area contributed by atoms with E-state index < -0.39 is 18.8 Å². The molecule has 0 bridgehead atoms. The summed E-state index contributed by atoms with van der Waals surface area (Å²) in [6, 6.07) is 2.12. The van der Waals surface area contributed by atoms with Crippen LogP contribution in [-0.2, 0) is 0 Å².